The number of esters is 1. The largest absolute Gasteiger partial charge is 0.469 e. The molecule has 1 heterocycles. The molecule has 0 N–H and O–H groups in total. The number of carbonyl (C=O) groups is 1. The molecule has 0 aromatic heterocycles. The van der Waals surface area contributed by atoms with Crippen LogP contribution in [0.15, 0.2) is 0 Å². The van der Waals surface area contributed by atoms with Crippen molar-refractivity contribution in [3.05, 3.63) is 0 Å². The molecule has 1 saturated heterocycles. The molecule has 0 bridgehead atoms. The number of rotatable bonds is 19. The van der Waals surface area contributed by atoms with Gasteiger partial charge in [-0.15, -0.1) is 0 Å². The SMILES string of the molecule is COC(=O)CCOCCOCCOCCOCCOCCOC1CCCCO1. The predicted molar refractivity (Wildman–Crippen MR) is 100 cm³/mol. The Kier molecular flexibility index (Phi) is 17.6. The molecule has 0 amide bonds. The highest BCUT2D eigenvalue weighted by molar-refractivity contribution is 5.69. The Morgan fingerprint density at radius 3 is 1.71 bits per heavy atom. The van der Waals surface area contributed by atoms with Crippen LogP contribution < -0.4 is 0 Å². The molecule has 1 aliphatic heterocycles. The zero-order valence-electron chi connectivity index (χ0n) is 17.1. The van der Waals surface area contributed by atoms with Crippen LogP contribution in [-0.2, 0) is 42.7 Å². The fraction of sp³-hybridized carbons (Fsp3) is 0.947. The first-order valence-corrected chi connectivity index (χ1v) is 10.0. The van der Waals surface area contributed by atoms with Gasteiger partial charge < -0.3 is 37.9 Å². The summed E-state index contributed by atoms with van der Waals surface area (Å²) in [6, 6.07) is 0. The number of hydrogen-bond donors (Lipinski definition) is 0. The highest BCUT2D eigenvalue weighted by atomic mass is 16.7. The van der Waals surface area contributed by atoms with Gasteiger partial charge in [-0.25, -0.2) is 0 Å². The van der Waals surface area contributed by atoms with Crippen LogP contribution >= 0.6 is 0 Å². The Hall–Kier alpha value is -0.810. The van der Waals surface area contributed by atoms with Crippen molar-refractivity contribution in [1.82, 2.24) is 0 Å². The van der Waals surface area contributed by atoms with Gasteiger partial charge in [0, 0.05) is 6.61 Å². The summed E-state index contributed by atoms with van der Waals surface area (Å²) in [5.41, 5.74) is 0. The minimum absolute atomic E-state index is 0.0613. The topological polar surface area (TPSA) is 90.9 Å². The summed E-state index contributed by atoms with van der Waals surface area (Å²) in [6.45, 7) is 6.23. The lowest BCUT2D eigenvalue weighted by molar-refractivity contribution is -0.169. The lowest BCUT2D eigenvalue weighted by Crippen LogP contribution is -2.24. The zero-order chi connectivity index (χ0) is 20.1. The second-order valence-electron chi connectivity index (χ2n) is 6.05. The summed E-state index contributed by atoms with van der Waals surface area (Å²) < 4.78 is 42.4. The van der Waals surface area contributed by atoms with Gasteiger partial charge in [-0.05, 0) is 19.3 Å². The summed E-state index contributed by atoms with van der Waals surface area (Å²) in [5, 5.41) is 0. The zero-order valence-corrected chi connectivity index (χ0v) is 17.1. The van der Waals surface area contributed by atoms with Gasteiger partial charge >= 0.3 is 5.97 Å². The minimum Gasteiger partial charge on any atom is -0.469 e. The molecule has 28 heavy (non-hydrogen) atoms. The van der Waals surface area contributed by atoms with Gasteiger partial charge in [-0.3, -0.25) is 4.79 Å². The first kappa shape index (κ1) is 25.2. The number of ether oxygens (including phenoxy) is 8. The molecule has 9 nitrogen and oxygen atoms in total. The molecular formula is C19H36O9. The molecular weight excluding hydrogens is 372 g/mol. The van der Waals surface area contributed by atoms with Crippen molar-refractivity contribution in [2.24, 2.45) is 0 Å². The maximum absolute atomic E-state index is 10.9. The van der Waals surface area contributed by atoms with Crippen LogP contribution in [0.5, 0.6) is 0 Å². The van der Waals surface area contributed by atoms with Crippen molar-refractivity contribution >= 4 is 5.97 Å². The van der Waals surface area contributed by atoms with Crippen molar-refractivity contribution in [3.8, 4) is 0 Å². The monoisotopic (exact) mass is 408 g/mol. The van der Waals surface area contributed by atoms with E-state index >= 15 is 0 Å². The van der Waals surface area contributed by atoms with Crippen molar-refractivity contribution in [2.45, 2.75) is 32.0 Å². The van der Waals surface area contributed by atoms with E-state index in [1.807, 2.05) is 0 Å². The van der Waals surface area contributed by atoms with Crippen LogP contribution in [0.25, 0.3) is 0 Å². The maximum Gasteiger partial charge on any atom is 0.307 e. The summed E-state index contributed by atoms with van der Waals surface area (Å²) in [5.74, 6) is -0.276. The van der Waals surface area contributed by atoms with Crippen molar-refractivity contribution in [1.29, 1.82) is 0 Å². The molecule has 1 aliphatic rings. The fourth-order valence-corrected chi connectivity index (χ4v) is 2.32. The Morgan fingerprint density at radius 2 is 1.25 bits per heavy atom. The smallest absolute Gasteiger partial charge is 0.307 e. The highest BCUT2D eigenvalue weighted by Gasteiger charge is 2.13. The quantitative estimate of drug-likeness (QED) is 0.231. The Labute approximate surface area is 167 Å². The molecule has 0 aromatic carbocycles. The van der Waals surface area contributed by atoms with Gasteiger partial charge in [0.05, 0.1) is 86.2 Å². The summed E-state index contributed by atoms with van der Waals surface area (Å²) in [4.78, 5) is 10.9. The Bertz CT molecular complexity index is 348. The Balaban J connectivity index is 1.66. The molecule has 1 unspecified atom stereocenters. The van der Waals surface area contributed by atoms with Crippen LogP contribution in [-0.4, -0.2) is 98.7 Å². The fourth-order valence-electron chi connectivity index (χ4n) is 2.32. The molecule has 0 aliphatic carbocycles. The van der Waals surface area contributed by atoms with Gasteiger partial charge in [-0.1, -0.05) is 0 Å². The molecule has 0 aromatic rings. The van der Waals surface area contributed by atoms with Gasteiger partial charge in [0.15, 0.2) is 6.29 Å². The third-order valence-corrected chi connectivity index (χ3v) is 3.84. The first-order chi connectivity index (χ1) is 13.8. The van der Waals surface area contributed by atoms with Gasteiger partial charge in [0.1, 0.15) is 0 Å². The normalized spacial score (nSPS) is 17.0. The van der Waals surface area contributed by atoms with Gasteiger partial charge in [0.2, 0.25) is 0 Å². The van der Waals surface area contributed by atoms with Crippen molar-refractivity contribution < 1.29 is 42.7 Å². The van der Waals surface area contributed by atoms with E-state index in [4.69, 9.17) is 33.2 Å². The molecule has 1 rings (SSSR count). The van der Waals surface area contributed by atoms with E-state index in [2.05, 4.69) is 4.74 Å². The van der Waals surface area contributed by atoms with E-state index in [0.29, 0.717) is 72.7 Å². The molecule has 1 fully saturated rings. The molecule has 9 heteroatoms. The van der Waals surface area contributed by atoms with Crippen LogP contribution in [0.4, 0.5) is 0 Å². The summed E-state index contributed by atoms with van der Waals surface area (Å²) >= 11 is 0. The van der Waals surface area contributed by atoms with E-state index in [1.54, 1.807) is 0 Å². The summed E-state index contributed by atoms with van der Waals surface area (Å²) in [6.07, 6.45) is 3.46. The van der Waals surface area contributed by atoms with Gasteiger partial charge in [-0.2, -0.15) is 0 Å². The van der Waals surface area contributed by atoms with Crippen LogP contribution in [0, 0.1) is 0 Å². The number of carbonyl (C=O) groups excluding carboxylic acids is 1. The number of methoxy groups -OCH3 is 1. The summed E-state index contributed by atoms with van der Waals surface area (Å²) in [7, 11) is 1.36. The van der Waals surface area contributed by atoms with Gasteiger partial charge in [0.25, 0.3) is 0 Å². The second-order valence-corrected chi connectivity index (χ2v) is 6.05. The number of hydrogen-bond acceptors (Lipinski definition) is 9. The second kappa shape index (κ2) is 19.5. The van der Waals surface area contributed by atoms with E-state index in [9.17, 15) is 4.79 Å². The van der Waals surface area contributed by atoms with Crippen molar-refractivity contribution in [3.63, 3.8) is 0 Å². The van der Waals surface area contributed by atoms with E-state index in [-0.39, 0.29) is 18.7 Å². The van der Waals surface area contributed by atoms with Crippen molar-refractivity contribution in [2.75, 3.05) is 86.4 Å². The third kappa shape index (κ3) is 16.2. The molecule has 166 valence electrons. The standard InChI is InChI=1S/C19H36O9/c1-21-18(20)5-7-22-8-9-23-10-11-24-12-13-25-14-15-26-16-17-28-19-4-2-3-6-27-19/h19H,2-17H2,1H3. The average Bonchev–Trinajstić information content (AvgIpc) is 2.73. The molecule has 0 saturated carbocycles. The maximum atomic E-state index is 10.9. The van der Waals surface area contributed by atoms with E-state index < -0.39 is 0 Å². The van der Waals surface area contributed by atoms with Crippen LogP contribution in [0.2, 0.25) is 0 Å². The predicted octanol–water partition coefficient (Wildman–Crippen LogP) is 1.18. The van der Waals surface area contributed by atoms with Crippen LogP contribution in [0.3, 0.4) is 0 Å². The first-order valence-electron chi connectivity index (χ1n) is 10.0. The Morgan fingerprint density at radius 1 is 0.750 bits per heavy atom. The van der Waals surface area contributed by atoms with E-state index in [0.717, 1.165) is 19.4 Å². The van der Waals surface area contributed by atoms with E-state index in [1.165, 1.54) is 13.5 Å². The highest BCUT2D eigenvalue weighted by Crippen LogP contribution is 2.13. The lowest BCUT2D eigenvalue weighted by atomic mass is 10.2. The molecule has 0 radical (unpaired) electrons. The molecule has 0 spiro atoms. The molecule has 1 atom stereocenters. The third-order valence-electron chi connectivity index (χ3n) is 3.84. The lowest BCUT2D eigenvalue weighted by Gasteiger charge is -2.22. The average molecular weight is 408 g/mol. The van der Waals surface area contributed by atoms with Crippen LogP contribution in [0.1, 0.15) is 25.7 Å². The minimum atomic E-state index is -0.276.